The number of ether oxygens (including phenoxy) is 1. The van der Waals surface area contributed by atoms with Crippen molar-refractivity contribution in [2.75, 3.05) is 39.3 Å². The summed E-state index contributed by atoms with van der Waals surface area (Å²) >= 11 is 0. The molecule has 2 aliphatic rings. The molecule has 0 N–H and O–H groups in total. The van der Waals surface area contributed by atoms with Gasteiger partial charge in [-0.1, -0.05) is 0 Å². The number of likely N-dealkylation sites (tertiary alicyclic amines) is 1. The Morgan fingerprint density at radius 3 is 2.12 bits per heavy atom. The Balaban J connectivity index is 1.82. The van der Waals surface area contributed by atoms with E-state index in [2.05, 4.69) is 18.7 Å². The molecule has 0 aromatic carbocycles. The third kappa shape index (κ3) is 5.87. The minimum Gasteiger partial charge on any atom is -0.444 e. The summed E-state index contributed by atoms with van der Waals surface area (Å²) in [6.45, 7) is 15.0. The van der Waals surface area contributed by atoms with Gasteiger partial charge in [-0.05, 0) is 53.9 Å². The van der Waals surface area contributed by atoms with Gasteiger partial charge in [0.05, 0.1) is 0 Å². The fraction of sp³-hybridized carbons (Fsp3) is 0.895. The van der Waals surface area contributed by atoms with Crippen molar-refractivity contribution in [2.24, 2.45) is 5.92 Å². The van der Waals surface area contributed by atoms with Gasteiger partial charge in [0.15, 0.2) is 0 Å². The Morgan fingerprint density at radius 1 is 0.920 bits per heavy atom. The summed E-state index contributed by atoms with van der Waals surface area (Å²) in [4.78, 5) is 31.2. The molecule has 2 aliphatic heterocycles. The zero-order valence-electron chi connectivity index (χ0n) is 16.6. The summed E-state index contributed by atoms with van der Waals surface area (Å²) in [5.41, 5.74) is -0.474. The van der Waals surface area contributed by atoms with Crippen LogP contribution in [0.25, 0.3) is 0 Å². The van der Waals surface area contributed by atoms with Crippen LogP contribution in [-0.2, 0) is 9.53 Å². The standard InChI is InChI=1S/C19H35N3O3/c1-15(2)20-9-6-10-21(14-13-20)17(23)16-7-11-22(12-8-16)18(24)25-19(3,4)5/h15-16H,6-14H2,1-5H3. The number of rotatable bonds is 2. The highest BCUT2D eigenvalue weighted by Gasteiger charge is 2.32. The van der Waals surface area contributed by atoms with Crippen molar-refractivity contribution in [3.63, 3.8) is 0 Å². The fourth-order valence-electron chi connectivity index (χ4n) is 3.57. The first-order valence-electron chi connectivity index (χ1n) is 9.68. The van der Waals surface area contributed by atoms with Crippen molar-refractivity contribution in [3.8, 4) is 0 Å². The van der Waals surface area contributed by atoms with E-state index < -0.39 is 5.60 Å². The van der Waals surface area contributed by atoms with Crippen molar-refractivity contribution in [1.82, 2.24) is 14.7 Å². The van der Waals surface area contributed by atoms with Crippen LogP contribution in [0.3, 0.4) is 0 Å². The van der Waals surface area contributed by atoms with Crippen LogP contribution >= 0.6 is 0 Å². The molecule has 0 atom stereocenters. The van der Waals surface area contributed by atoms with Gasteiger partial charge in [-0.2, -0.15) is 0 Å². The summed E-state index contributed by atoms with van der Waals surface area (Å²) in [6, 6.07) is 0.534. The van der Waals surface area contributed by atoms with Crippen molar-refractivity contribution in [3.05, 3.63) is 0 Å². The molecule has 0 bridgehead atoms. The van der Waals surface area contributed by atoms with Crippen molar-refractivity contribution in [1.29, 1.82) is 0 Å². The first-order chi connectivity index (χ1) is 11.7. The Morgan fingerprint density at radius 2 is 1.56 bits per heavy atom. The van der Waals surface area contributed by atoms with E-state index in [1.807, 2.05) is 25.7 Å². The van der Waals surface area contributed by atoms with Gasteiger partial charge in [0.25, 0.3) is 0 Å². The normalized spacial score (nSPS) is 21.4. The number of amides is 2. The van der Waals surface area contributed by atoms with Crippen LogP contribution in [-0.4, -0.2) is 77.6 Å². The smallest absolute Gasteiger partial charge is 0.410 e. The monoisotopic (exact) mass is 353 g/mol. The lowest BCUT2D eigenvalue weighted by Gasteiger charge is -2.35. The van der Waals surface area contributed by atoms with Gasteiger partial charge in [0.1, 0.15) is 5.60 Å². The molecule has 2 heterocycles. The van der Waals surface area contributed by atoms with Crippen LogP contribution in [0.1, 0.15) is 53.9 Å². The zero-order chi connectivity index (χ0) is 18.6. The van der Waals surface area contributed by atoms with Crippen LogP contribution in [0.2, 0.25) is 0 Å². The largest absolute Gasteiger partial charge is 0.444 e. The van der Waals surface area contributed by atoms with Crippen molar-refractivity contribution in [2.45, 2.75) is 65.5 Å². The van der Waals surface area contributed by atoms with Gasteiger partial charge in [-0.25, -0.2) is 4.79 Å². The van der Waals surface area contributed by atoms with Gasteiger partial charge in [-0.15, -0.1) is 0 Å². The average Bonchev–Trinajstić information content (AvgIpc) is 2.79. The highest BCUT2D eigenvalue weighted by molar-refractivity contribution is 5.79. The predicted molar refractivity (Wildman–Crippen MR) is 98.4 cm³/mol. The fourth-order valence-corrected chi connectivity index (χ4v) is 3.57. The molecule has 2 amide bonds. The molecular weight excluding hydrogens is 318 g/mol. The maximum absolute atomic E-state index is 12.9. The molecule has 144 valence electrons. The molecule has 6 nitrogen and oxygen atoms in total. The van der Waals surface area contributed by atoms with Crippen LogP contribution in [0.4, 0.5) is 4.79 Å². The molecule has 0 radical (unpaired) electrons. The second kappa shape index (κ2) is 8.39. The van der Waals surface area contributed by atoms with Crippen LogP contribution in [0.15, 0.2) is 0 Å². The molecule has 0 aromatic rings. The SMILES string of the molecule is CC(C)N1CCCN(C(=O)C2CCN(C(=O)OC(C)(C)C)CC2)CC1. The van der Waals surface area contributed by atoms with E-state index in [0.717, 1.165) is 45.4 Å². The van der Waals surface area contributed by atoms with Crippen LogP contribution < -0.4 is 0 Å². The van der Waals surface area contributed by atoms with E-state index in [4.69, 9.17) is 4.74 Å². The Hall–Kier alpha value is -1.30. The molecule has 25 heavy (non-hydrogen) atoms. The highest BCUT2D eigenvalue weighted by Crippen LogP contribution is 2.22. The van der Waals surface area contributed by atoms with Gasteiger partial charge in [-0.3, -0.25) is 9.69 Å². The van der Waals surface area contributed by atoms with Gasteiger partial charge < -0.3 is 14.5 Å². The molecule has 0 spiro atoms. The van der Waals surface area contributed by atoms with Crippen molar-refractivity contribution >= 4 is 12.0 Å². The molecule has 2 saturated heterocycles. The van der Waals surface area contributed by atoms with Crippen LogP contribution in [0.5, 0.6) is 0 Å². The summed E-state index contributed by atoms with van der Waals surface area (Å²) in [5, 5.41) is 0. The van der Waals surface area contributed by atoms with E-state index >= 15 is 0 Å². The molecule has 2 rings (SSSR count). The first kappa shape index (κ1) is 20.0. The number of piperidine rings is 1. The minimum absolute atomic E-state index is 0.0456. The second-order valence-corrected chi connectivity index (χ2v) is 8.55. The quantitative estimate of drug-likeness (QED) is 0.766. The number of carbonyl (C=O) groups excluding carboxylic acids is 2. The first-order valence-corrected chi connectivity index (χ1v) is 9.68. The summed E-state index contributed by atoms with van der Waals surface area (Å²) in [7, 11) is 0. The summed E-state index contributed by atoms with van der Waals surface area (Å²) < 4.78 is 5.43. The summed E-state index contributed by atoms with van der Waals surface area (Å²) in [5.74, 6) is 0.318. The molecule has 0 aromatic heterocycles. The highest BCUT2D eigenvalue weighted by atomic mass is 16.6. The molecule has 0 unspecified atom stereocenters. The molecule has 2 fully saturated rings. The average molecular weight is 354 g/mol. The molecule has 6 heteroatoms. The number of hydrogen-bond donors (Lipinski definition) is 0. The van der Waals surface area contributed by atoms with Gasteiger partial charge >= 0.3 is 6.09 Å². The third-order valence-corrected chi connectivity index (χ3v) is 5.07. The number of hydrogen-bond acceptors (Lipinski definition) is 4. The summed E-state index contributed by atoms with van der Waals surface area (Å²) in [6.07, 6.45) is 2.26. The molecular formula is C19H35N3O3. The number of carbonyl (C=O) groups is 2. The topological polar surface area (TPSA) is 53.1 Å². The third-order valence-electron chi connectivity index (χ3n) is 5.07. The Labute approximate surface area is 152 Å². The van der Waals surface area contributed by atoms with Gasteiger partial charge in [0, 0.05) is 51.2 Å². The van der Waals surface area contributed by atoms with Crippen molar-refractivity contribution < 1.29 is 14.3 Å². The Kier molecular flexibility index (Phi) is 6.72. The van der Waals surface area contributed by atoms with E-state index in [1.165, 1.54) is 0 Å². The maximum atomic E-state index is 12.9. The lowest BCUT2D eigenvalue weighted by molar-refractivity contribution is -0.137. The molecule has 0 aliphatic carbocycles. The lowest BCUT2D eigenvalue weighted by atomic mass is 9.95. The minimum atomic E-state index is -0.474. The van der Waals surface area contributed by atoms with E-state index in [0.29, 0.717) is 19.1 Å². The van der Waals surface area contributed by atoms with Gasteiger partial charge in [0.2, 0.25) is 5.91 Å². The van der Waals surface area contributed by atoms with Crippen LogP contribution in [0, 0.1) is 5.92 Å². The zero-order valence-corrected chi connectivity index (χ0v) is 16.6. The maximum Gasteiger partial charge on any atom is 0.410 e. The Bertz CT molecular complexity index is 465. The predicted octanol–water partition coefficient (Wildman–Crippen LogP) is 2.58. The number of nitrogens with zero attached hydrogens (tertiary/aromatic N) is 3. The second-order valence-electron chi connectivity index (χ2n) is 8.55. The van der Waals surface area contributed by atoms with E-state index in [-0.39, 0.29) is 17.9 Å². The van der Waals surface area contributed by atoms with E-state index in [1.54, 1.807) is 4.90 Å². The molecule has 0 saturated carbocycles. The lowest BCUT2D eigenvalue weighted by Crippen LogP contribution is -2.46. The van der Waals surface area contributed by atoms with E-state index in [9.17, 15) is 9.59 Å².